The number of benzene rings is 1. The van der Waals surface area contributed by atoms with Gasteiger partial charge in [-0.15, -0.1) is 0 Å². The van der Waals surface area contributed by atoms with Gasteiger partial charge >= 0.3 is 0 Å². The fraction of sp³-hybridized carbons (Fsp3) is 0.529. The minimum atomic E-state index is -0.0181. The van der Waals surface area contributed by atoms with E-state index in [0.29, 0.717) is 32.6 Å². The second kappa shape index (κ2) is 7.57. The lowest BCUT2D eigenvalue weighted by atomic mass is 10.1. The number of anilines is 1. The first-order valence-corrected chi connectivity index (χ1v) is 8.18. The molecule has 2 saturated heterocycles. The monoisotopic (exact) mass is 317 g/mol. The molecule has 2 fully saturated rings. The van der Waals surface area contributed by atoms with Crippen LogP contribution >= 0.6 is 0 Å². The molecule has 1 aromatic carbocycles. The number of hydrogen-bond donors (Lipinski definition) is 2. The Morgan fingerprint density at radius 2 is 2.17 bits per heavy atom. The summed E-state index contributed by atoms with van der Waals surface area (Å²) < 4.78 is 5.35. The molecule has 2 heterocycles. The lowest BCUT2D eigenvalue weighted by molar-refractivity contribution is -0.128. The fourth-order valence-corrected chi connectivity index (χ4v) is 2.97. The molecule has 2 aliphatic rings. The van der Waals surface area contributed by atoms with Gasteiger partial charge in [0.1, 0.15) is 0 Å². The number of likely N-dealkylation sites (tertiary alicyclic amines) is 1. The zero-order chi connectivity index (χ0) is 16.1. The molecule has 6 nitrogen and oxygen atoms in total. The number of nitrogens with zero attached hydrogens (tertiary/aromatic N) is 1. The van der Waals surface area contributed by atoms with Crippen molar-refractivity contribution >= 4 is 17.5 Å². The Morgan fingerprint density at radius 1 is 1.35 bits per heavy atom. The minimum Gasteiger partial charge on any atom is -0.378 e. The highest BCUT2D eigenvalue weighted by Gasteiger charge is 2.20. The number of ether oxygens (including phenoxy) is 1. The van der Waals surface area contributed by atoms with E-state index in [1.807, 2.05) is 29.2 Å². The Balaban J connectivity index is 1.48. The van der Waals surface area contributed by atoms with Crippen LogP contribution in [-0.4, -0.2) is 49.1 Å². The lowest BCUT2D eigenvalue weighted by Crippen LogP contribution is -2.43. The highest BCUT2D eigenvalue weighted by Crippen LogP contribution is 2.16. The van der Waals surface area contributed by atoms with Crippen LogP contribution in [0.2, 0.25) is 0 Å². The summed E-state index contributed by atoms with van der Waals surface area (Å²) in [5.41, 5.74) is 1.86. The Hall–Kier alpha value is -1.92. The highest BCUT2D eigenvalue weighted by molar-refractivity contribution is 5.91. The smallest absolute Gasteiger partial charge is 0.226 e. The van der Waals surface area contributed by atoms with Crippen molar-refractivity contribution in [3.63, 3.8) is 0 Å². The Kier molecular flexibility index (Phi) is 5.25. The zero-order valence-electron chi connectivity index (χ0n) is 13.2. The molecule has 0 radical (unpaired) electrons. The van der Waals surface area contributed by atoms with E-state index in [1.54, 1.807) is 0 Å². The van der Waals surface area contributed by atoms with Crippen molar-refractivity contribution in [2.45, 2.75) is 31.8 Å². The zero-order valence-corrected chi connectivity index (χ0v) is 13.2. The third-order valence-electron chi connectivity index (χ3n) is 4.21. The van der Waals surface area contributed by atoms with E-state index in [4.69, 9.17) is 4.74 Å². The van der Waals surface area contributed by atoms with Crippen molar-refractivity contribution in [1.82, 2.24) is 10.2 Å². The van der Waals surface area contributed by atoms with Gasteiger partial charge in [0.05, 0.1) is 13.2 Å². The molecule has 2 N–H and O–H groups in total. The van der Waals surface area contributed by atoms with Crippen LogP contribution in [0.25, 0.3) is 0 Å². The van der Waals surface area contributed by atoms with Crippen LogP contribution in [0.15, 0.2) is 24.3 Å². The van der Waals surface area contributed by atoms with E-state index in [2.05, 4.69) is 10.6 Å². The van der Waals surface area contributed by atoms with Gasteiger partial charge < -0.3 is 20.3 Å². The summed E-state index contributed by atoms with van der Waals surface area (Å²) >= 11 is 0. The van der Waals surface area contributed by atoms with Crippen molar-refractivity contribution in [3.8, 4) is 0 Å². The number of amides is 2. The second-order valence-electron chi connectivity index (χ2n) is 6.09. The van der Waals surface area contributed by atoms with Gasteiger partial charge in [-0.2, -0.15) is 0 Å². The summed E-state index contributed by atoms with van der Waals surface area (Å²) in [7, 11) is 0. The maximum atomic E-state index is 12.0. The number of carbonyl (C=O) groups excluding carboxylic acids is 2. The van der Waals surface area contributed by atoms with E-state index >= 15 is 0 Å². The number of carbonyl (C=O) groups is 2. The van der Waals surface area contributed by atoms with Crippen LogP contribution in [0.4, 0.5) is 5.69 Å². The molecule has 0 aromatic heterocycles. The van der Waals surface area contributed by atoms with Crippen molar-refractivity contribution in [3.05, 3.63) is 29.8 Å². The summed E-state index contributed by atoms with van der Waals surface area (Å²) in [5, 5.41) is 6.17. The Labute approximate surface area is 136 Å². The molecular formula is C17H23N3O3. The molecular weight excluding hydrogens is 294 g/mol. The molecule has 23 heavy (non-hydrogen) atoms. The van der Waals surface area contributed by atoms with Crippen molar-refractivity contribution in [2.24, 2.45) is 0 Å². The highest BCUT2D eigenvalue weighted by atomic mass is 16.5. The van der Waals surface area contributed by atoms with Crippen LogP contribution in [0.1, 0.15) is 24.8 Å². The SMILES string of the molecule is O=C(CC1COCCN1)Nc1ccc(CN2CCCC2=O)cc1. The number of hydrogen-bond acceptors (Lipinski definition) is 4. The normalized spacial score (nSPS) is 21.5. The van der Waals surface area contributed by atoms with E-state index in [1.165, 1.54) is 0 Å². The van der Waals surface area contributed by atoms with Gasteiger partial charge in [-0.3, -0.25) is 9.59 Å². The van der Waals surface area contributed by atoms with Crippen LogP contribution in [0.3, 0.4) is 0 Å². The summed E-state index contributed by atoms with van der Waals surface area (Å²) in [5.74, 6) is 0.208. The minimum absolute atomic E-state index is 0.0181. The van der Waals surface area contributed by atoms with Crippen molar-refractivity contribution < 1.29 is 14.3 Å². The van der Waals surface area contributed by atoms with Crippen molar-refractivity contribution in [1.29, 1.82) is 0 Å². The van der Waals surface area contributed by atoms with Gasteiger partial charge in [0.2, 0.25) is 11.8 Å². The third kappa shape index (κ3) is 4.53. The molecule has 6 heteroatoms. The van der Waals surface area contributed by atoms with Gasteiger partial charge in [-0.1, -0.05) is 12.1 Å². The second-order valence-corrected chi connectivity index (χ2v) is 6.09. The predicted molar refractivity (Wildman–Crippen MR) is 86.9 cm³/mol. The maximum Gasteiger partial charge on any atom is 0.226 e. The fourth-order valence-electron chi connectivity index (χ4n) is 2.97. The summed E-state index contributed by atoms with van der Waals surface area (Å²) in [6.45, 7) is 3.57. The summed E-state index contributed by atoms with van der Waals surface area (Å²) in [6.07, 6.45) is 2.02. The maximum absolute atomic E-state index is 12.0. The standard InChI is InChI=1S/C17H23N3O3/c21-16(10-15-12-23-9-7-18-15)19-14-5-3-13(4-6-14)11-20-8-1-2-17(20)22/h3-6,15,18H,1-2,7-12H2,(H,19,21). The van der Waals surface area contributed by atoms with Gasteiger partial charge in [0.25, 0.3) is 0 Å². The van der Waals surface area contributed by atoms with Crippen LogP contribution < -0.4 is 10.6 Å². The molecule has 1 atom stereocenters. The third-order valence-corrected chi connectivity index (χ3v) is 4.21. The first kappa shape index (κ1) is 16.0. The summed E-state index contributed by atoms with van der Waals surface area (Å²) in [6, 6.07) is 7.79. The van der Waals surface area contributed by atoms with Crippen LogP contribution in [0, 0.1) is 0 Å². The molecule has 1 unspecified atom stereocenters. The van der Waals surface area contributed by atoms with E-state index in [-0.39, 0.29) is 17.9 Å². The average molecular weight is 317 g/mol. The number of morpholine rings is 1. The molecule has 0 spiro atoms. The molecule has 0 aliphatic carbocycles. The molecule has 124 valence electrons. The van der Waals surface area contributed by atoms with Crippen LogP contribution in [-0.2, 0) is 20.9 Å². The largest absolute Gasteiger partial charge is 0.378 e. The van der Waals surface area contributed by atoms with E-state index in [0.717, 1.165) is 30.8 Å². The van der Waals surface area contributed by atoms with Gasteiger partial charge in [-0.05, 0) is 24.1 Å². The molecule has 3 rings (SSSR count). The Morgan fingerprint density at radius 3 is 2.83 bits per heavy atom. The topological polar surface area (TPSA) is 70.7 Å². The van der Waals surface area contributed by atoms with Crippen LogP contribution in [0.5, 0.6) is 0 Å². The van der Waals surface area contributed by atoms with E-state index < -0.39 is 0 Å². The molecule has 2 aliphatic heterocycles. The van der Waals surface area contributed by atoms with Crippen molar-refractivity contribution in [2.75, 3.05) is 31.6 Å². The van der Waals surface area contributed by atoms with Gasteiger partial charge in [0, 0.05) is 44.2 Å². The van der Waals surface area contributed by atoms with E-state index in [9.17, 15) is 9.59 Å². The molecule has 1 aromatic rings. The first-order valence-electron chi connectivity index (χ1n) is 8.18. The first-order chi connectivity index (χ1) is 11.2. The van der Waals surface area contributed by atoms with Gasteiger partial charge in [-0.25, -0.2) is 0 Å². The molecule has 0 saturated carbocycles. The lowest BCUT2D eigenvalue weighted by Gasteiger charge is -2.23. The molecule has 0 bridgehead atoms. The quantitative estimate of drug-likeness (QED) is 0.854. The molecule has 2 amide bonds. The predicted octanol–water partition coefficient (Wildman–Crippen LogP) is 1.13. The average Bonchev–Trinajstić information content (AvgIpc) is 2.95. The number of nitrogens with one attached hydrogen (secondary N) is 2. The van der Waals surface area contributed by atoms with Gasteiger partial charge in [0.15, 0.2) is 0 Å². The summed E-state index contributed by atoms with van der Waals surface area (Å²) in [4.78, 5) is 25.5. The Bertz CT molecular complexity index is 553. The number of rotatable bonds is 5.